The summed E-state index contributed by atoms with van der Waals surface area (Å²) in [6, 6.07) is 16.7. The number of aliphatic carboxylic acids is 1. The van der Waals surface area contributed by atoms with Gasteiger partial charge in [0, 0.05) is 35.5 Å². The topological polar surface area (TPSA) is 91.6 Å². The summed E-state index contributed by atoms with van der Waals surface area (Å²) >= 11 is 0. The summed E-state index contributed by atoms with van der Waals surface area (Å²) in [5.41, 5.74) is 2.78. The first-order chi connectivity index (χ1) is 16.8. The number of carboxylic acids is 1. The minimum absolute atomic E-state index is 0.185. The number of furan rings is 1. The van der Waals surface area contributed by atoms with E-state index in [1.807, 2.05) is 73.3 Å². The van der Waals surface area contributed by atoms with Crippen molar-refractivity contribution in [2.24, 2.45) is 0 Å². The Morgan fingerprint density at radius 2 is 2.03 bits per heavy atom. The van der Waals surface area contributed by atoms with E-state index in [1.54, 1.807) is 6.26 Å². The summed E-state index contributed by atoms with van der Waals surface area (Å²) in [6.45, 7) is 4.65. The van der Waals surface area contributed by atoms with Gasteiger partial charge in [0.25, 0.3) is 0 Å². The molecule has 0 radical (unpaired) electrons. The molecule has 0 spiro atoms. The molecule has 0 saturated carbocycles. The zero-order valence-corrected chi connectivity index (χ0v) is 19.6. The molecule has 0 aliphatic heterocycles. The normalized spacial score (nSPS) is 12.0. The number of carboxylic acid groups (broad SMARTS) is 1. The molecule has 0 unspecified atom stereocenters. The largest absolute Gasteiger partial charge is 0.493 e. The highest BCUT2D eigenvalue weighted by Gasteiger charge is 2.19. The molecule has 7 nitrogen and oxygen atoms in total. The van der Waals surface area contributed by atoms with Crippen molar-refractivity contribution in [3.05, 3.63) is 66.4 Å². The molecule has 2 heterocycles. The van der Waals surface area contributed by atoms with E-state index < -0.39 is 12.0 Å². The zero-order chi connectivity index (χ0) is 24.8. The highest BCUT2D eigenvalue weighted by Crippen LogP contribution is 2.32. The summed E-state index contributed by atoms with van der Waals surface area (Å²) in [5, 5.41) is 17.4. The fourth-order valence-electron chi connectivity index (χ4n) is 3.93. The van der Waals surface area contributed by atoms with Gasteiger partial charge in [0.2, 0.25) is 0 Å². The molecule has 2 aromatic carbocycles. The van der Waals surface area contributed by atoms with Crippen molar-refractivity contribution >= 4 is 22.7 Å². The van der Waals surface area contributed by atoms with Gasteiger partial charge >= 0.3 is 5.97 Å². The van der Waals surface area contributed by atoms with Gasteiger partial charge in [-0.1, -0.05) is 24.3 Å². The van der Waals surface area contributed by atoms with Gasteiger partial charge in [0.1, 0.15) is 11.5 Å². The van der Waals surface area contributed by atoms with Crippen molar-refractivity contribution in [2.75, 3.05) is 11.5 Å². The number of nitrogens with one attached hydrogen (secondary N) is 1. The van der Waals surface area contributed by atoms with E-state index in [0.29, 0.717) is 25.4 Å². The van der Waals surface area contributed by atoms with Crippen molar-refractivity contribution in [3.8, 4) is 17.1 Å². The number of aromatic nitrogens is 2. The summed E-state index contributed by atoms with van der Waals surface area (Å²) in [4.78, 5) is 12.6. The van der Waals surface area contributed by atoms with Crippen LogP contribution in [0.1, 0.15) is 46.5 Å². The van der Waals surface area contributed by atoms with Gasteiger partial charge < -0.3 is 19.2 Å². The van der Waals surface area contributed by atoms with Crippen LogP contribution in [-0.4, -0.2) is 33.9 Å². The van der Waals surface area contributed by atoms with Crippen LogP contribution in [0, 0.1) is 0 Å². The van der Waals surface area contributed by atoms with Crippen LogP contribution in [0.15, 0.2) is 65.3 Å². The van der Waals surface area contributed by atoms with Gasteiger partial charge in [-0.2, -0.15) is 5.10 Å². The number of fused-ring (bicyclic) bond motifs is 1. The number of carbonyl (C=O) groups is 1. The van der Waals surface area contributed by atoms with E-state index in [0.717, 1.165) is 46.4 Å². The Morgan fingerprint density at radius 3 is 2.79 bits per heavy atom. The molecule has 0 aliphatic carbocycles. The molecule has 0 bridgehead atoms. The van der Waals surface area contributed by atoms with Crippen LogP contribution in [0.25, 0.3) is 22.2 Å². The van der Waals surface area contributed by atoms with Crippen LogP contribution in [0.3, 0.4) is 0 Å². The number of unbranched alkanes of at least 4 members (excludes halogenated alkanes) is 2. The molecule has 178 valence electrons. The first-order valence-corrected chi connectivity index (χ1v) is 11.5. The molecule has 0 atom stereocenters. The summed E-state index contributed by atoms with van der Waals surface area (Å²) < 4.78 is 20.4. The monoisotopic (exact) mass is 462 g/mol. The minimum atomic E-state index is -0.939. The third kappa shape index (κ3) is 5.60. The highest BCUT2D eigenvalue weighted by molar-refractivity contribution is 5.92. The second-order valence-corrected chi connectivity index (χ2v) is 8.48. The lowest BCUT2D eigenvalue weighted by Crippen LogP contribution is -2.30. The molecule has 7 heteroatoms. The van der Waals surface area contributed by atoms with Crippen LogP contribution in [0.2, 0.25) is 0 Å². The number of H-pyrrole nitrogens is 1. The number of ether oxygens (including phenoxy) is 1. The van der Waals surface area contributed by atoms with Gasteiger partial charge in [-0.3, -0.25) is 9.89 Å². The molecule has 2 N–H and O–H groups in total. The van der Waals surface area contributed by atoms with Crippen molar-refractivity contribution in [3.63, 3.8) is 0 Å². The SMILES string of the molecule is [2H]C(C)(C)N(Cc1ccccc1OCCCCCC(=O)O)c1n[nH]c2cc(-c3ccco3)ccc12. The number of para-hydroxylation sites is 1. The van der Waals surface area contributed by atoms with Gasteiger partial charge in [-0.25, -0.2) is 0 Å². The van der Waals surface area contributed by atoms with Crippen LogP contribution in [-0.2, 0) is 11.3 Å². The smallest absolute Gasteiger partial charge is 0.303 e. The third-order valence-corrected chi connectivity index (χ3v) is 5.74. The summed E-state index contributed by atoms with van der Waals surface area (Å²) in [7, 11) is 0. The van der Waals surface area contributed by atoms with Crippen molar-refractivity contribution in [1.29, 1.82) is 0 Å². The Bertz CT molecular complexity index is 1260. The summed E-state index contributed by atoms with van der Waals surface area (Å²) in [6.07, 6.45) is 4.08. The lowest BCUT2D eigenvalue weighted by Gasteiger charge is -2.28. The van der Waals surface area contributed by atoms with E-state index in [1.165, 1.54) is 0 Å². The molecule has 0 saturated heterocycles. The average molecular weight is 463 g/mol. The second-order valence-electron chi connectivity index (χ2n) is 8.48. The Morgan fingerprint density at radius 1 is 1.18 bits per heavy atom. The number of anilines is 1. The molecule has 34 heavy (non-hydrogen) atoms. The lowest BCUT2D eigenvalue weighted by atomic mass is 10.1. The standard InChI is InChI=1S/C27H31N3O4/c1-19(2)30(18-21-9-5-6-10-25(21)33-15-7-3-4-12-26(31)32)27-22-14-13-20(17-23(22)28-29-27)24-11-8-16-34-24/h5-6,8-11,13-14,16-17,19H,3-4,7,12,15,18H2,1-2H3,(H,28,29)(H,31,32)/i19D. The van der Waals surface area contributed by atoms with E-state index in [-0.39, 0.29) is 6.42 Å². The predicted molar refractivity (Wildman–Crippen MR) is 133 cm³/mol. The Hall–Kier alpha value is -3.74. The maximum atomic E-state index is 10.7. The molecule has 4 rings (SSSR count). The van der Waals surface area contributed by atoms with Crippen LogP contribution in [0.5, 0.6) is 5.75 Å². The maximum absolute atomic E-state index is 10.7. The van der Waals surface area contributed by atoms with E-state index in [4.69, 9.17) is 15.6 Å². The Labute approximate surface area is 200 Å². The number of benzene rings is 2. The maximum Gasteiger partial charge on any atom is 0.303 e. The molecule has 0 amide bonds. The number of rotatable bonds is 12. The quantitative estimate of drug-likeness (QED) is 0.241. The van der Waals surface area contributed by atoms with Crippen molar-refractivity contribution in [2.45, 2.75) is 52.1 Å². The fraction of sp³-hybridized carbons (Fsp3) is 0.333. The van der Waals surface area contributed by atoms with E-state index in [9.17, 15) is 4.79 Å². The first-order valence-electron chi connectivity index (χ1n) is 12.0. The first kappa shape index (κ1) is 22.1. The number of hydrogen-bond acceptors (Lipinski definition) is 5. The van der Waals surface area contributed by atoms with Crippen molar-refractivity contribution in [1.82, 2.24) is 10.2 Å². The number of nitrogens with zero attached hydrogens (tertiary/aromatic N) is 2. The predicted octanol–water partition coefficient (Wildman–Crippen LogP) is 6.26. The molecular formula is C27H31N3O4. The molecule has 2 aromatic heterocycles. The highest BCUT2D eigenvalue weighted by atomic mass is 16.5. The van der Waals surface area contributed by atoms with Crippen molar-refractivity contribution < 1.29 is 20.4 Å². The molecular weight excluding hydrogens is 430 g/mol. The lowest BCUT2D eigenvalue weighted by molar-refractivity contribution is -0.137. The summed E-state index contributed by atoms with van der Waals surface area (Å²) in [5.74, 6) is 1.49. The van der Waals surface area contributed by atoms with Gasteiger partial charge in [-0.05, 0) is 63.4 Å². The van der Waals surface area contributed by atoms with Crippen LogP contribution < -0.4 is 9.64 Å². The Kier molecular flexibility index (Phi) is 7.09. The van der Waals surface area contributed by atoms with Gasteiger partial charge in [-0.15, -0.1) is 0 Å². The van der Waals surface area contributed by atoms with Gasteiger partial charge in [0.15, 0.2) is 5.82 Å². The zero-order valence-electron chi connectivity index (χ0n) is 20.6. The Balaban J connectivity index is 1.53. The molecule has 0 aliphatic rings. The van der Waals surface area contributed by atoms with Gasteiger partial charge in [0.05, 0.1) is 19.8 Å². The van der Waals surface area contributed by atoms with E-state index >= 15 is 0 Å². The number of hydrogen-bond donors (Lipinski definition) is 2. The van der Waals surface area contributed by atoms with Crippen LogP contribution in [0.4, 0.5) is 5.82 Å². The third-order valence-electron chi connectivity index (χ3n) is 5.74. The number of aromatic amines is 1. The fourth-order valence-corrected chi connectivity index (χ4v) is 3.93. The molecule has 4 aromatic rings. The van der Waals surface area contributed by atoms with E-state index in [2.05, 4.69) is 10.2 Å². The molecule has 0 fully saturated rings. The average Bonchev–Trinajstić information content (AvgIpc) is 3.49. The minimum Gasteiger partial charge on any atom is -0.493 e. The van der Waals surface area contributed by atoms with Crippen LogP contribution >= 0.6 is 0 Å². The second kappa shape index (κ2) is 10.9.